The Labute approximate surface area is 288 Å². The number of likely N-dealkylation sites (N-methyl/N-ethyl adjacent to an activating group) is 1. The van der Waals surface area contributed by atoms with E-state index in [0.717, 1.165) is 52.9 Å². The lowest BCUT2D eigenvalue weighted by Crippen LogP contribution is -2.37. The molecule has 0 radical (unpaired) electrons. The number of nitrogen functional groups attached to an aromatic ring is 1. The molecule has 9 nitrogen and oxygen atoms in total. The number of hydrogen-bond acceptors (Lipinski definition) is 7. The van der Waals surface area contributed by atoms with Gasteiger partial charge >= 0.3 is 0 Å². The van der Waals surface area contributed by atoms with Crippen molar-refractivity contribution in [3.63, 3.8) is 0 Å². The van der Waals surface area contributed by atoms with Gasteiger partial charge in [0, 0.05) is 44.5 Å². The fraction of sp³-hybridized carbons (Fsp3) is 0.300. The average molecular weight is 663 g/mol. The van der Waals surface area contributed by atoms with Crippen molar-refractivity contribution in [1.29, 1.82) is 0 Å². The maximum atomic E-state index is 12.5. The lowest BCUT2D eigenvalue weighted by molar-refractivity contribution is -0.252. The summed E-state index contributed by atoms with van der Waals surface area (Å²) in [7, 11) is 2.06. The molecule has 0 bridgehead atoms. The fourth-order valence-corrected chi connectivity index (χ4v) is 5.89. The summed E-state index contributed by atoms with van der Waals surface area (Å²) in [6.45, 7) is 5.77. The standard InChI is InChI=1S/C40H46N4O5/c1-3-22-44(2)26-34-24-37(31-16-14-28(27-45)15-17-31)49-40(48-34)32-20-18-30(19-21-32)33-9-6-8-29(23-33)25-42-38(46)12-7-13-39(47)43-36-11-5-4-10-35(36)41/h3-6,8-11,14-21,23,34,37,40,45H,1,7,12-13,22,24-27,41H2,2H3,(H,42,46)(H,43,47)/t34-,37+,40+/m0/s1. The van der Waals surface area contributed by atoms with Crippen LogP contribution in [0.5, 0.6) is 0 Å². The average Bonchev–Trinajstić information content (AvgIpc) is 3.12. The first-order valence-corrected chi connectivity index (χ1v) is 16.7. The first-order valence-electron chi connectivity index (χ1n) is 16.7. The first kappa shape index (κ1) is 35.5. The molecule has 4 aromatic carbocycles. The second kappa shape index (κ2) is 17.6. The third-order valence-corrected chi connectivity index (χ3v) is 8.55. The summed E-state index contributed by atoms with van der Waals surface area (Å²) in [6, 6.07) is 31.3. The van der Waals surface area contributed by atoms with E-state index in [2.05, 4.69) is 47.4 Å². The van der Waals surface area contributed by atoms with Crippen LogP contribution >= 0.6 is 0 Å². The van der Waals surface area contributed by atoms with Gasteiger partial charge in [-0.25, -0.2) is 0 Å². The number of aliphatic hydroxyl groups excluding tert-OH is 1. The maximum Gasteiger partial charge on any atom is 0.224 e. The maximum absolute atomic E-state index is 12.5. The zero-order chi connectivity index (χ0) is 34.6. The van der Waals surface area contributed by atoms with Gasteiger partial charge in [0.2, 0.25) is 11.8 Å². The predicted octanol–water partition coefficient (Wildman–Crippen LogP) is 6.52. The summed E-state index contributed by atoms with van der Waals surface area (Å²) in [5.74, 6) is -0.277. The van der Waals surface area contributed by atoms with Crippen LogP contribution in [0, 0.1) is 0 Å². The quantitative estimate of drug-likeness (QED) is 0.0844. The number of para-hydroxylation sites is 2. The summed E-state index contributed by atoms with van der Waals surface area (Å²) in [5.41, 5.74) is 12.9. The lowest BCUT2D eigenvalue weighted by atomic mass is 9.99. The number of nitrogens with zero attached hydrogens (tertiary/aromatic N) is 1. The summed E-state index contributed by atoms with van der Waals surface area (Å²) < 4.78 is 13.0. The van der Waals surface area contributed by atoms with Crippen molar-refractivity contribution >= 4 is 23.2 Å². The van der Waals surface area contributed by atoms with E-state index in [9.17, 15) is 14.7 Å². The summed E-state index contributed by atoms with van der Waals surface area (Å²) >= 11 is 0. The topological polar surface area (TPSA) is 126 Å². The molecular formula is C40H46N4O5. The highest BCUT2D eigenvalue weighted by Gasteiger charge is 2.32. The van der Waals surface area contributed by atoms with Crippen LogP contribution in [0.1, 0.15) is 60.3 Å². The van der Waals surface area contributed by atoms with E-state index in [1.165, 1.54) is 0 Å². The number of amides is 2. The van der Waals surface area contributed by atoms with Gasteiger partial charge in [-0.2, -0.15) is 0 Å². The third-order valence-electron chi connectivity index (χ3n) is 8.55. The Morgan fingerprint density at radius 3 is 2.37 bits per heavy atom. The number of ether oxygens (including phenoxy) is 2. The minimum Gasteiger partial charge on any atom is -0.397 e. The van der Waals surface area contributed by atoms with Gasteiger partial charge in [0.05, 0.1) is 30.2 Å². The highest BCUT2D eigenvalue weighted by Crippen LogP contribution is 2.38. The molecule has 5 N–H and O–H groups in total. The van der Waals surface area contributed by atoms with Crippen molar-refractivity contribution in [1.82, 2.24) is 10.2 Å². The molecule has 2 amide bonds. The number of anilines is 2. The van der Waals surface area contributed by atoms with E-state index in [-0.39, 0.29) is 43.5 Å². The van der Waals surface area contributed by atoms with Crippen molar-refractivity contribution in [2.24, 2.45) is 0 Å². The fourth-order valence-electron chi connectivity index (χ4n) is 5.89. The molecule has 1 heterocycles. The molecule has 1 aliphatic rings. The van der Waals surface area contributed by atoms with Gasteiger partial charge in [0.15, 0.2) is 6.29 Å². The molecule has 1 aliphatic heterocycles. The van der Waals surface area contributed by atoms with Crippen LogP contribution in [0.15, 0.2) is 110 Å². The molecule has 0 saturated carbocycles. The molecule has 49 heavy (non-hydrogen) atoms. The second-order valence-electron chi connectivity index (χ2n) is 12.4. The predicted molar refractivity (Wildman–Crippen MR) is 193 cm³/mol. The van der Waals surface area contributed by atoms with E-state index in [0.29, 0.717) is 24.3 Å². The molecule has 1 fully saturated rings. The third kappa shape index (κ3) is 10.3. The van der Waals surface area contributed by atoms with Crippen LogP contribution < -0.4 is 16.4 Å². The normalized spacial score (nSPS) is 17.4. The Morgan fingerprint density at radius 1 is 0.898 bits per heavy atom. The highest BCUT2D eigenvalue weighted by molar-refractivity contribution is 5.94. The Kier molecular flexibility index (Phi) is 12.7. The minimum absolute atomic E-state index is 0.00436. The number of benzene rings is 4. The zero-order valence-corrected chi connectivity index (χ0v) is 28.0. The Bertz CT molecular complexity index is 1690. The van der Waals surface area contributed by atoms with Crippen LogP contribution in [0.25, 0.3) is 11.1 Å². The largest absolute Gasteiger partial charge is 0.397 e. The van der Waals surface area contributed by atoms with E-state index in [4.69, 9.17) is 15.2 Å². The highest BCUT2D eigenvalue weighted by atomic mass is 16.7. The van der Waals surface area contributed by atoms with Gasteiger partial charge in [0.1, 0.15) is 0 Å². The van der Waals surface area contributed by atoms with Crippen LogP contribution in [0.2, 0.25) is 0 Å². The number of rotatable bonds is 15. The molecule has 4 aromatic rings. The second-order valence-corrected chi connectivity index (χ2v) is 12.4. The van der Waals surface area contributed by atoms with Gasteiger partial charge in [-0.3, -0.25) is 9.59 Å². The van der Waals surface area contributed by atoms with Crippen LogP contribution in [0.3, 0.4) is 0 Å². The Hall–Kier alpha value is -4.80. The molecule has 9 heteroatoms. The van der Waals surface area contributed by atoms with E-state index in [1.807, 2.05) is 66.7 Å². The molecule has 3 atom stereocenters. The van der Waals surface area contributed by atoms with Gasteiger partial charge in [-0.1, -0.05) is 84.9 Å². The van der Waals surface area contributed by atoms with E-state index in [1.54, 1.807) is 18.2 Å². The van der Waals surface area contributed by atoms with Crippen LogP contribution in [-0.4, -0.2) is 48.1 Å². The number of aliphatic hydroxyl groups is 1. The van der Waals surface area contributed by atoms with Gasteiger partial charge in [-0.15, -0.1) is 6.58 Å². The van der Waals surface area contributed by atoms with Crippen LogP contribution in [0.4, 0.5) is 11.4 Å². The smallest absolute Gasteiger partial charge is 0.224 e. The van der Waals surface area contributed by atoms with Crippen LogP contribution in [-0.2, 0) is 32.2 Å². The molecule has 256 valence electrons. The Morgan fingerprint density at radius 2 is 1.63 bits per heavy atom. The van der Waals surface area contributed by atoms with Gasteiger partial charge < -0.3 is 35.8 Å². The van der Waals surface area contributed by atoms with E-state index < -0.39 is 6.29 Å². The molecular weight excluding hydrogens is 616 g/mol. The van der Waals surface area contributed by atoms with Crippen molar-refractivity contribution in [2.45, 2.75) is 57.3 Å². The van der Waals surface area contributed by atoms with Crippen molar-refractivity contribution < 1.29 is 24.2 Å². The number of nitrogens with two attached hydrogens (primary N) is 1. The number of hydrogen-bond donors (Lipinski definition) is 4. The summed E-state index contributed by atoms with van der Waals surface area (Å²) in [6.07, 6.45) is 2.81. The molecule has 0 aromatic heterocycles. The molecule has 0 spiro atoms. The molecule has 5 rings (SSSR count). The first-order chi connectivity index (χ1) is 23.8. The summed E-state index contributed by atoms with van der Waals surface area (Å²) in [5, 5.41) is 15.2. The Balaban J connectivity index is 1.16. The van der Waals surface area contributed by atoms with Gasteiger partial charge in [-0.05, 0) is 59.5 Å². The zero-order valence-electron chi connectivity index (χ0n) is 28.0. The SMILES string of the molecule is C=CCN(C)C[C@@H]1C[C@H](c2ccc(CO)cc2)O[C@H](c2ccc(-c3cccc(CNC(=O)CCCC(=O)Nc4ccccc4N)c3)cc2)O1. The van der Waals surface area contributed by atoms with Crippen molar-refractivity contribution in [3.05, 3.63) is 132 Å². The monoisotopic (exact) mass is 662 g/mol. The number of carbonyl (C=O) groups is 2. The minimum atomic E-state index is -0.531. The number of nitrogens with one attached hydrogen (secondary N) is 2. The van der Waals surface area contributed by atoms with Crippen molar-refractivity contribution in [2.75, 3.05) is 31.2 Å². The molecule has 0 unspecified atom stereocenters. The number of carbonyl (C=O) groups excluding carboxylic acids is 2. The molecule has 0 aliphatic carbocycles. The van der Waals surface area contributed by atoms with Gasteiger partial charge in [0.25, 0.3) is 0 Å². The summed E-state index contributed by atoms with van der Waals surface area (Å²) in [4.78, 5) is 26.9. The lowest BCUT2D eigenvalue weighted by Gasteiger charge is -2.37. The molecule has 1 saturated heterocycles. The van der Waals surface area contributed by atoms with E-state index >= 15 is 0 Å². The van der Waals surface area contributed by atoms with Crippen molar-refractivity contribution in [3.8, 4) is 11.1 Å².